The van der Waals surface area contributed by atoms with Crippen LogP contribution in [-0.2, 0) is 6.18 Å². The Morgan fingerprint density at radius 3 is 2.33 bits per heavy atom. The number of H-pyrrole nitrogens is 1. The highest BCUT2D eigenvalue weighted by Crippen LogP contribution is 2.31. The zero-order valence-electron chi connectivity index (χ0n) is 11.4. The van der Waals surface area contributed by atoms with E-state index >= 15 is 0 Å². The first-order chi connectivity index (χ1) is 10.0. The van der Waals surface area contributed by atoms with Crippen LogP contribution in [0.1, 0.15) is 30.0 Å². The van der Waals surface area contributed by atoms with E-state index in [1.54, 1.807) is 0 Å². The standard InChI is InChI=1S/C15H16F3N3/c16-15(17,18)12-3-1-10(2-4-12)13-9-14(21-20-13)11-5-7-19-8-6-11/h1-4,9,11,19H,5-8H2,(H,20,21). The lowest BCUT2D eigenvalue weighted by Gasteiger charge is -2.20. The molecule has 1 aliphatic rings. The van der Waals surface area contributed by atoms with E-state index in [0.717, 1.165) is 43.8 Å². The minimum Gasteiger partial charge on any atom is -0.317 e. The molecule has 0 aliphatic carbocycles. The maximum Gasteiger partial charge on any atom is 0.416 e. The highest BCUT2D eigenvalue weighted by molar-refractivity contribution is 5.60. The van der Waals surface area contributed by atoms with Crippen LogP contribution in [0.3, 0.4) is 0 Å². The first kappa shape index (κ1) is 14.1. The van der Waals surface area contributed by atoms with Gasteiger partial charge in [-0.15, -0.1) is 0 Å². The van der Waals surface area contributed by atoms with Crippen molar-refractivity contribution in [2.45, 2.75) is 24.9 Å². The van der Waals surface area contributed by atoms with Crippen LogP contribution >= 0.6 is 0 Å². The summed E-state index contributed by atoms with van der Waals surface area (Å²) in [6.07, 6.45) is -2.20. The third kappa shape index (κ3) is 3.10. The van der Waals surface area contributed by atoms with Crippen LogP contribution in [0.5, 0.6) is 0 Å². The Kier molecular flexibility index (Phi) is 3.71. The van der Waals surface area contributed by atoms with Crippen molar-refractivity contribution in [1.82, 2.24) is 15.5 Å². The molecular weight excluding hydrogens is 279 g/mol. The molecule has 112 valence electrons. The van der Waals surface area contributed by atoms with Gasteiger partial charge >= 0.3 is 6.18 Å². The number of alkyl halides is 3. The SMILES string of the molecule is FC(F)(F)c1ccc(-c2cc(C3CCNCC3)[nH]n2)cc1. The third-order valence-corrected chi connectivity index (χ3v) is 3.88. The maximum atomic E-state index is 12.5. The third-order valence-electron chi connectivity index (χ3n) is 3.88. The smallest absolute Gasteiger partial charge is 0.317 e. The second-order valence-corrected chi connectivity index (χ2v) is 5.31. The van der Waals surface area contributed by atoms with Crippen LogP contribution in [0.25, 0.3) is 11.3 Å². The van der Waals surface area contributed by atoms with Crippen molar-refractivity contribution in [3.05, 3.63) is 41.6 Å². The van der Waals surface area contributed by atoms with Crippen LogP contribution in [-0.4, -0.2) is 23.3 Å². The van der Waals surface area contributed by atoms with E-state index in [1.807, 2.05) is 6.07 Å². The highest BCUT2D eigenvalue weighted by Gasteiger charge is 2.30. The summed E-state index contributed by atoms with van der Waals surface area (Å²) in [5.74, 6) is 0.446. The predicted molar refractivity (Wildman–Crippen MR) is 73.9 cm³/mol. The molecule has 21 heavy (non-hydrogen) atoms. The number of nitrogens with one attached hydrogen (secondary N) is 2. The van der Waals surface area contributed by atoms with Gasteiger partial charge in [-0.3, -0.25) is 5.10 Å². The van der Waals surface area contributed by atoms with Crippen LogP contribution in [0, 0.1) is 0 Å². The summed E-state index contributed by atoms with van der Waals surface area (Å²) in [6, 6.07) is 7.05. The molecule has 1 fully saturated rings. The summed E-state index contributed by atoms with van der Waals surface area (Å²) in [6.45, 7) is 1.97. The molecule has 0 bridgehead atoms. The van der Waals surface area contributed by atoms with Crippen LogP contribution < -0.4 is 5.32 Å². The Morgan fingerprint density at radius 1 is 1.05 bits per heavy atom. The average Bonchev–Trinajstić information content (AvgIpc) is 2.97. The van der Waals surface area contributed by atoms with Gasteiger partial charge in [0.25, 0.3) is 0 Å². The fourth-order valence-electron chi connectivity index (χ4n) is 2.66. The van der Waals surface area contributed by atoms with E-state index in [9.17, 15) is 13.2 Å². The van der Waals surface area contributed by atoms with Gasteiger partial charge in [0.2, 0.25) is 0 Å². The minimum absolute atomic E-state index is 0.446. The number of hydrogen-bond acceptors (Lipinski definition) is 2. The Morgan fingerprint density at radius 2 is 1.71 bits per heavy atom. The second-order valence-electron chi connectivity index (χ2n) is 5.31. The van der Waals surface area contributed by atoms with Crippen LogP contribution in [0.15, 0.2) is 30.3 Å². The molecule has 2 N–H and O–H groups in total. The van der Waals surface area contributed by atoms with Crippen molar-refractivity contribution in [3.8, 4) is 11.3 Å². The zero-order valence-corrected chi connectivity index (χ0v) is 11.4. The quantitative estimate of drug-likeness (QED) is 0.889. The van der Waals surface area contributed by atoms with Gasteiger partial charge in [-0.2, -0.15) is 18.3 Å². The van der Waals surface area contributed by atoms with E-state index in [0.29, 0.717) is 17.2 Å². The molecule has 2 heterocycles. The molecule has 3 nitrogen and oxygen atoms in total. The Hall–Kier alpha value is -1.82. The lowest BCUT2D eigenvalue weighted by Crippen LogP contribution is -2.26. The zero-order chi connectivity index (χ0) is 14.9. The van der Waals surface area contributed by atoms with Crippen molar-refractivity contribution in [1.29, 1.82) is 0 Å². The topological polar surface area (TPSA) is 40.7 Å². The average molecular weight is 295 g/mol. The van der Waals surface area contributed by atoms with Crippen molar-refractivity contribution >= 4 is 0 Å². The lowest BCUT2D eigenvalue weighted by molar-refractivity contribution is -0.137. The van der Waals surface area contributed by atoms with E-state index in [1.165, 1.54) is 12.1 Å². The predicted octanol–water partition coefficient (Wildman–Crippen LogP) is 3.56. The monoisotopic (exact) mass is 295 g/mol. The Bertz CT molecular complexity index is 595. The van der Waals surface area contributed by atoms with E-state index in [4.69, 9.17) is 0 Å². The van der Waals surface area contributed by atoms with E-state index in [-0.39, 0.29) is 0 Å². The fourth-order valence-corrected chi connectivity index (χ4v) is 2.66. The summed E-state index contributed by atoms with van der Waals surface area (Å²) < 4.78 is 37.6. The Balaban J connectivity index is 1.79. The van der Waals surface area contributed by atoms with Gasteiger partial charge in [0, 0.05) is 17.2 Å². The molecule has 1 aliphatic heterocycles. The van der Waals surface area contributed by atoms with Crippen LogP contribution in [0.2, 0.25) is 0 Å². The molecule has 3 rings (SSSR count). The highest BCUT2D eigenvalue weighted by atomic mass is 19.4. The number of nitrogens with zero attached hydrogens (tertiary/aromatic N) is 1. The molecule has 1 aromatic carbocycles. The van der Waals surface area contributed by atoms with Crippen LogP contribution in [0.4, 0.5) is 13.2 Å². The second kappa shape index (κ2) is 5.52. The molecule has 0 unspecified atom stereocenters. The first-order valence-electron chi connectivity index (χ1n) is 6.98. The van der Waals surface area contributed by atoms with Gasteiger partial charge < -0.3 is 5.32 Å². The molecule has 2 aromatic rings. The van der Waals surface area contributed by atoms with E-state index in [2.05, 4.69) is 15.5 Å². The number of aromatic nitrogens is 2. The molecule has 0 radical (unpaired) electrons. The number of hydrogen-bond donors (Lipinski definition) is 2. The van der Waals surface area contributed by atoms with Gasteiger partial charge in [-0.1, -0.05) is 12.1 Å². The number of halogens is 3. The van der Waals surface area contributed by atoms with Gasteiger partial charge in [0.1, 0.15) is 0 Å². The lowest BCUT2D eigenvalue weighted by atomic mass is 9.94. The van der Waals surface area contributed by atoms with Crippen molar-refractivity contribution in [2.75, 3.05) is 13.1 Å². The normalized spacial score (nSPS) is 17.1. The minimum atomic E-state index is -4.30. The van der Waals surface area contributed by atoms with Crippen molar-refractivity contribution in [3.63, 3.8) is 0 Å². The fraction of sp³-hybridized carbons (Fsp3) is 0.400. The summed E-state index contributed by atoms with van der Waals surface area (Å²) in [5.41, 5.74) is 1.81. The van der Waals surface area contributed by atoms with Crippen molar-refractivity contribution in [2.24, 2.45) is 0 Å². The molecule has 0 spiro atoms. The molecule has 0 atom stereocenters. The number of aromatic amines is 1. The number of rotatable bonds is 2. The molecule has 0 amide bonds. The summed E-state index contributed by atoms with van der Waals surface area (Å²) in [7, 11) is 0. The van der Waals surface area contributed by atoms with Gasteiger partial charge in [-0.25, -0.2) is 0 Å². The Labute approximate surface area is 120 Å². The first-order valence-corrected chi connectivity index (χ1v) is 6.98. The summed E-state index contributed by atoms with van der Waals surface area (Å²) in [4.78, 5) is 0. The number of piperidine rings is 1. The van der Waals surface area contributed by atoms with Crippen molar-refractivity contribution < 1.29 is 13.2 Å². The van der Waals surface area contributed by atoms with Gasteiger partial charge in [0.15, 0.2) is 0 Å². The molecule has 1 saturated heterocycles. The maximum absolute atomic E-state index is 12.5. The largest absolute Gasteiger partial charge is 0.416 e. The summed E-state index contributed by atoms with van der Waals surface area (Å²) in [5, 5.41) is 10.5. The number of benzene rings is 1. The molecule has 6 heteroatoms. The summed E-state index contributed by atoms with van der Waals surface area (Å²) >= 11 is 0. The molecule has 0 saturated carbocycles. The molecule has 1 aromatic heterocycles. The van der Waals surface area contributed by atoms with E-state index < -0.39 is 11.7 Å². The molecular formula is C15H16F3N3. The van der Waals surface area contributed by atoms with Gasteiger partial charge in [0.05, 0.1) is 11.3 Å². The van der Waals surface area contributed by atoms with Gasteiger partial charge in [-0.05, 0) is 44.1 Å².